The summed E-state index contributed by atoms with van der Waals surface area (Å²) in [6.45, 7) is 13.3. The van der Waals surface area contributed by atoms with Gasteiger partial charge in [0.05, 0.1) is 27.9 Å². The standard InChI is InChI=1S/C60H49N3/c1-38-26-28-40(3)54(34-38)61(55-35-39(2)27-29-41(55)4)50-22-14-24-52-58(50)48-20-13-21-49-59-51(23-15-25-53(59)63(52)60(48)49)62(56-36-46(32-30-42(56)5)44-16-9-7-10-17-44)57-37-47(33-31-43(57)6)45-18-11-8-12-19-45/h7-37H,1-6H3. The van der Waals surface area contributed by atoms with E-state index in [1.807, 2.05) is 0 Å². The van der Waals surface area contributed by atoms with Crippen LogP contribution in [0.4, 0.5) is 34.1 Å². The lowest BCUT2D eigenvalue weighted by Crippen LogP contribution is -2.14. The Bertz CT molecular complexity index is 3380. The number of nitrogens with zero attached hydrogens (tertiary/aromatic N) is 3. The smallest absolute Gasteiger partial charge is 0.0622 e. The number of benzene rings is 9. The second kappa shape index (κ2) is 15.1. The number of aryl methyl sites for hydroxylation is 6. The predicted octanol–water partition coefficient (Wildman–Crippen LogP) is 17.0. The Balaban J connectivity index is 1.21. The molecule has 0 aliphatic rings. The van der Waals surface area contributed by atoms with Gasteiger partial charge in [0.1, 0.15) is 0 Å². The quantitative estimate of drug-likeness (QED) is 0.151. The summed E-state index contributed by atoms with van der Waals surface area (Å²) in [5.41, 5.74) is 22.8. The van der Waals surface area contributed by atoms with Crippen LogP contribution in [0.2, 0.25) is 0 Å². The summed E-state index contributed by atoms with van der Waals surface area (Å²) in [7, 11) is 0. The molecular weight excluding hydrogens is 763 g/mol. The van der Waals surface area contributed by atoms with Crippen molar-refractivity contribution in [3.63, 3.8) is 0 Å². The fourth-order valence-electron chi connectivity index (χ4n) is 9.93. The van der Waals surface area contributed by atoms with Crippen molar-refractivity contribution in [2.75, 3.05) is 9.80 Å². The second-order valence-corrected chi connectivity index (χ2v) is 17.4. The molecule has 304 valence electrons. The number of fused-ring (bicyclic) bond motifs is 6. The van der Waals surface area contributed by atoms with E-state index in [2.05, 4.69) is 244 Å². The van der Waals surface area contributed by atoms with Gasteiger partial charge in [-0.1, -0.05) is 140 Å². The van der Waals surface area contributed by atoms with Crippen LogP contribution in [0.25, 0.3) is 60.3 Å². The molecule has 0 atom stereocenters. The summed E-state index contributed by atoms with van der Waals surface area (Å²) in [6.07, 6.45) is 0. The summed E-state index contributed by atoms with van der Waals surface area (Å²) in [5.74, 6) is 0. The van der Waals surface area contributed by atoms with Crippen molar-refractivity contribution >= 4 is 72.2 Å². The van der Waals surface area contributed by atoms with Gasteiger partial charge in [-0.25, -0.2) is 0 Å². The van der Waals surface area contributed by atoms with Crippen LogP contribution < -0.4 is 9.80 Å². The Kier molecular flexibility index (Phi) is 9.17. The van der Waals surface area contributed by atoms with E-state index in [4.69, 9.17) is 0 Å². The Morgan fingerprint density at radius 2 is 0.683 bits per heavy atom. The Morgan fingerprint density at radius 3 is 1.11 bits per heavy atom. The van der Waals surface area contributed by atoms with Gasteiger partial charge in [0.25, 0.3) is 0 Å². The average molecular weight is 812 g/mol. The van der Waals surface area contributed by atoms with Gasteiger partial charge < -0.3 is 14.2 Å². The lowest BCUT2D eigenvalue weighted by molar-refractivity contribution is 1.21. The van der Waals surface area contributed by atoms with Crippen LogP contribution in [0, 0.1) is 41.5 Å². The first-order valence-corrected chi connectivity index (χ1v) is 22.0. The zero-order chi connectivity index (χ0) is 42.9. The maximum atomic E-state index is 2.53. The molecule has 11 aromatic rings. The van der Waals surface area contributed by atoms with E-state index < -0.39 is 0 Å². The van der Waals surface area contributed by atoms with Crippen LogP contribution in [0.1, 0.15) is 33.4 Å². The number of rotatable bonds is 8. The molecule has 0 fully saturated rings. The van der Waals surface area contributed by atoms with Gasteiger partial charge in [0.2, 0.25) is 0 Å². The summed E-state index contributed by atoms with van der Waals surface area (Å²) >= 11 is 0. The van der Waals surface area contributed by atoms with Gasteiger partial charge in [-0.15, -0.1) is 0 Å². The van der Waals surface area contributed by atoms with Gasteiger partial charge in [-0.2, -0.15) is 0 Å². The van der Waals surface area contributed by atoms with Crippen LogP contribution in [-0.2, 0) is 0 Å². The van der Waals surface area contributed by atoms with Crippen molar-refractivity contribution in [3.05, 3.63) is 221 Å². The van der Waals surface area contributed by atoms with E-state index in [0.717, 1.165) is 17.1 Å². The van der Waals surface area contributed by atoms with E-state index in [9.17, 15) is 0 Å². The number of hydrogen-bond donors (Lipinski definition) is 0. The fraction of sp³-hybridized carbons (Fsp3) is 0.100. The average Bonchev–Trinajstić information content (AvgIpc) is 3.84. The highest BCUT2D eigenvalue weighted by atomic mass is 15.2. The normalized spacial score (nSPS) is 11.7. The van der Waals surface area contributed by atoms with E-state index in [0.29, 0.717) is 0 Å². The summed E-state index contributed by atoms with van der Waals surface area (Å²) in [4.78, 5) is 5.04. The molecule has 0 radical (unpaired) electrons. The third-order valence-corrected chi connectivity index (χ3v) is 13.1. The first-order valence-electron chi connectivity index (χ1n) is 22.0. The third-order valence-electron chi connectivity index (χ3n) is 13.1. The van der Waals surface area contributed by atoms with Crippen molar-refractivity contribution in [1.82, 2.24) is 4.40 Å². The monoisotopic (exact) mass is 811 g/mol. The van der Waals surface area contributed by atoms with Gasteiger partial charge in [0.15, 0.2) is 0 Å². The highest BCUT2D eigenvalue weighted by Gasteiger charge is 2.28. The van der Waals surface area contributed by atoms with Crippen LogP contribution in [0.5, 0.6) is 0 Å². The minimum Gasteiger partial charge on any atom is -0.309 e. The first-order chi connectivity index (χ1) is 30.7. The van der Waals surface area contributed by atoms with Crippen LogP contribution >= 0.6 is 0 Å². The molecule has 0 bridgehead atoms. The summed E-state index contributed by atoms with van der Waals surface area (Å²) in [6, 6.07) is 69.6. The van der Waals surface area contributed by atoms with E-state index in [1.165, 1.54) is 111 Å². The maximum Gasteiger partial charge on any atom is 0.0622 e. The first kappa shape index (κ1) is 38.3. The molecule has 3 heteroatoms. The Morgan fingerprint density at radius 1 is 0.302 bits per heavy atom. The number of hydrogen-bond acceptors (Lipinski definition) is 2. The topological polar surface area (TPSA) is 10.9 Å². The molecule has 0 saturated heterocycles. The number of aromatic nitrogens is 1. The van der Waals surface area contributed by atoms with Crippen LogP contribution in [0.3, 0.4) is 0 Å². The maximum absolute atomic E-state index is 2.53. The molecule has 0 spiro atoms. The molecule has 2 aromatic heterocycles. The van der Waals surface area contributed by atoms with E-state index in [1.54, 1.807) is 0 Å². The van der Waals surface area contributed by atoms with Crippen molar-refractivity contribution in [3.8, 4) is 22.3 Å². The lowest BCUT2D eigenvalue weighted by atomic mass is 9.98. The Hall–Kier alpha value is -7.62. The number of para-hydroxylation sites is 1. The molecule has 0 amide bonds. The summed E-state index contributed by atoms with van der Waals surface area (Å²) in [5, 5.41) is 4.98. The van der Waals surface area contributed by atoms with Crippen LogP contribution in [0.15, 0.2) is 188 Å². The largest absolute Gasteiger partial charge is 0.309 e. The van der Waals surface area contributed by atoms with Crippen molar-refractivity contribution in [1.29, 1.82) is 0 Å². The Labute approximate surface area is 370 Å². The zero-order valence-electron chi connectivity index (χ0n) is 36.7. The SMILES string of the molecule is Cc1ccc(C)c(N(c2cc(C)ccc2C)c2cccc3c2c2cccc4c5c(N(c6cc(-c7ccccc7)ccc6C)c6cc(-c7ccccc7)ccc6C)cccc5n3c24)c1. The molecular formula is C60H49N3. The molecule has 9 aromatic carbocycles. The highest BCUT2D eigenvalue weighted by molar-refractivity contribution is 6.28. The molecule has 0 saturated carbocycles. The summed E-state index contributed by atoms with van der Waals surface area (Å²) < 4.78 is 2.53. The molecule has 3 nitrogen and oxygen atoms in total. The molecule has 2 heterocycles. The second-order valence-electron chi connectivity index (χ2n) is 17.4. The zero-order valence-corrected chi connectivity index (χ0v) is 36.7. The number of anilines is 6. The fourth-order valence-corrected chi connectivity index (χ4v) is 9.93. The van der Waals surface area contributed by atoms with E-state index in [-0.39, 0.29) is 0 Å². The molecule has 63 heavy (non-hydrogen) atoms. The lowest BCUT2D eigenvalue weighted by Gasteiger charge is -2.30. The van der Waals surface area contributed by atoms with Gasteiger partial charge >= 0.3 is 0 Å². The molecule has 11 rings (SSSR count). The molecule has 0 aliphatic carbocycles. The van der Waals surface area contributed by atoms with Crippen LogP contribution in [-0.4, -0.2) is 4.40 Å². The van der Waals surface area contributed by atoms with E-state index >= 15 is 0 Å². The predicted molar refractivity (Wildman–Crippen MR) is 270 cm³/mol. The van der Waals surface area contributed by atoms with Gasteiger partial charge in [-0.3, -0.25) is 0 Å². The molecule has 0 N–H and O–H groups in total. The molecule has 0 unspecified atom stereocenters. The third kappa shape index (κ3) is 6.26. The minimum atomic E-state index is 1.15. The van der Waals surface area contributed by atoms with Crippen molar-refractivity contribution < 1.29 is 0 Å². The minimum absolute atomic E-state index is 1.15. The van der Waals surface area contributed by atoms with Crippen molar-refractivity contribution in [2.45, 2.75) is 41.5 Å². The highest BCUT2D eigenvalue weighted by Crippen LogP contribution is 2.51. The van der Waals surface area contributed by atoms with Gasteiger partial charge in [0, 0.05) is 44.3 Å². The van der Waals surface area contributed by atoms with Gasteiger partial charge in [-0.05, 0) is 146 Å². The molecule has 0 aliphatic heterocycles. The van der Waals surface area contributed by atoms with Crippen molar-refractivity contribution in [2.24, 2.45) is 0 Å².